The van der Waals surface area contributed by atoms with Gasteiger partial charge in [0, 0.05) is 10.2 Å². The smallest absolute Gasteiger partial charge is 0.410 e. The number of amides is 1. The van der Waals surface area contributed by atoms with Gasteiger partial charge >= 0.3 is 6.09 Å². The molecule has 0 aromatic heterocycles. The van der Waals surface area contributed by atoms with Crippen LogP contribution in [0.1, 0.15) is 5.56 Å². The minimum atomic E-state index is -0.251. The normalized spacial score (nSPS) is 15.5. The Kier molecular flexibility index (Phi) is 2.81. The highest BCUT2D eigenvalue weighted by Crippen LogP contribution is 2.22. The number of hydrogen-bond acceptors (Lipinski definition) is 3. The molecule has 1 heterocycles. The average molecular weight is 271 g/mol. The van der Waals surface area contributed by atoms with Crippen molar-refractivity contribution < 1.29 is 9.53 Å². The van der Waals surface area contributed by atoms with Crippen LogP contribution in [0.25, 0.3) is 0 Å². The van der Waals surface area contributed by atoms with Crippen LogP contribution < -0.4 is 5.73 Å². The Labute approximate surface area is 96.1 Å². The number of carbonyl (C=O) groups excluding carboxylic acids is 1. The number of nitrogen functional groups attached to an aromatic ring is 1. The van der Waals surface area contributed by atoms with Crippen molar-refractivity contribution in [2.45, 2.75) is 6.54 Å². The molecule has 5 heteroatoms. The van der Waals surface area contributed by atoms with Crippen molar-refractivity contribution in [3.63, 3.8) is 0 Å². The van der Waals surface area contributed by atoms with Gasteiger partial charge in [0.15, 0.2) is 0 Å². The average Bonchev–Trinajstić information content (AvgIpc) is 2.57. The molecule has 0 radical (unpaired) electrons. The minimum Gasteiger partial charge on any atom is -0.448 e. The molecule has 0 spiro atoms. The van der Waals surface area contributed by atoms with Crippen LogP contribution in [0.5, 0.6) is 0 Å². The highest BCUT2D eigenvalue weighted by Gasteiger charge is 2.22. The molecule has 1 amide bonds. The van der Waals surface area contributed by atoms with Gasteiger partial charge in [0.1, 0.15) is 6.61 Å². The SMILES string of the molecule is Nc1ccc(CN2CCOC2=O)c(Br)c1. The van der Waals surface area contributed by atoms with Gasteiger partial charge in [-0.15, -0.1) is 0 Å². The molecule has 4 nitrogen and oxygen atoms in total. The summed E-state index contributed by atoms with van der Waals surface area (Å²) in [5.41, 5.74) is 7.36. The molecule has 1 aromatic rings. The second-order valence-electron chi connectivity index (χ2n) is 3.39. The molecule has 2 N–H and O–H groups in total. The van der Waals surface area contributed by atoms with Gasteiger partial charge in [-0.2, -0.15) is 0 Å². The van der Waals surface area contributed by atoms with Crippen LogP contribution in [0.3, 0.4) is 0 Å². The number of anilines is 1. The number of cyclic esters (lactones) is 1. The summed E-state index contributed by atoms with van der Waals surface area (Å²) < 4.78 is 5.77. The van der Waals surface area contributed by atoms with E-state index in [1.54, 1.807) is 4.90 Å². The van der Waals surface area contributed by atoms with Crippen LogP contribution in [-0.2, 0) is 11.3 Å². The monoisotopic (exact) mass is 270 g/mol. The van der Waals surface area contributed by atoms with Crippen LogP contribution in [0.15, 0.2) is 22.7 Å². The Morgan fingerprint density at radius 2 is 2.33 bits per heavy atom. The van der Waals surface area contributed by atoms with Gasteiger partial charge in [-0.25, -0.2) is 4.79 Å². The number of benzene rings is 1. The Bertz CT molecular complexity index is 395. The van der Waals surface area contributed by atoms with Gasteiger partial charge in [0.05, 0.1) is 13.1 Å². The molecular weight excluding hydrogens is 260 g/mol. The molecule has 0 bridgehead atoms. The third-order valence-electron chi connectivity index (χ3n) is 2.28. The topological polar surface area (TPSA) is 55.6 Å². The summed E-state index contributed by atoms with van der Waals surface area (Å²) in [4.78, 5) is 12.9. The number of nitrogens with zero attached hydrogens (tertiary/aromatic N) is 1. The second kappa shape index (κ2) is 4.10. The fourth-order valence-corrected chi connectivity index (χ4v) is 1.99. The summed E-state index contributed by atoms with van der Waals surface area (Å²) in [5, 5.41) is 0. The number of hydrogen-bond donors (Lipinski definition) is 1. The molecule has 1 fully saturated rings. The summed E-state index contributed by atoms with van der Waals surface area (Å²) in [7, 11) is 0. The van der Waals surface area contributed by atoms with E-state index < -0.39 is 0 Å². The first kappa shape index (κ1) is 10.3. The quantitative estimate of drug-likeness (QED) is 0.837. The summed E-state index contributed by atoms with van der Waals surface area (Å²) in [6, 6.07) is 5.56. The Morgan fingerprint density at radius 3 is 2.93 bits per heavy atom. The largest absolute Gasteiger partial charge is 0.448 e. The van der Waals surface area contributed by atoms with Crippen LogP contribution in [0.2, 0.25) is 0 Å². The molecule has 0 saturated carbocycles. The van der Waals surface area contributed by atoms with E-state index in [9.17, 15) is 4.79 Å². The Balaban J connectivity index is 2.13. The Hall–Kier alpha value is -1.23. The lowest BCUT2D eigenvalue weighted by Crippen LogP contribution is -2.23. The van der Waals surface area contributed by atoms with Gasteiger partial charge in [-0.1, -0.05) is 22.0 Å². The van der Waals surface area contributed by atoms with Gasteiger partial charge in [-0.3, -0.25) is 0 Å². The molecule has 1 aromatic carbocycles. The maximum Gasteiger partial charge on any atom is 0.410 e. The maximum absolute atomic E-state index is 11.2. The first-order chi connectivity index (χ1) is 7.16. The van der Waals surface area contributed by atoms with Crippen molar-refractivity contribution in [3.05, 3.63) is 28.2 Å². The molecular formula is C10H11BrN2O2. The predicted molar refractivity (Wildman–Crippen MR) is 60.3 cm³/mol. The van der Waals surface area contributed by atoms with Gasteiger partial charge < -0.3 is 15.4 Å². The van der Waals surface area contributed by atoms with E-state index in [-0.39, 0.29) is 6.09 Å². The second-order valence-corrected chi connectivity index (χ2v) is 4.24. The maximum atomic E-state index is 11.2. The van der Waals surface area contributed by atoms with Crippen molar-refractivity contribution in [1.29, 1.82) is 0 Å². The molecule has 1 aliphatic heterocycles. The molecule has 0 aliphatic carbocycles. The summed E-state index contributed by atoms with van der Waals surface area (Å²) in [6.45, 7) is 1.68. The number of nitrogens with two attached hydrogens (primary N) is 1. The predicted octanol–water partition coefficient (Wildman–Crippen LogP) is 1.98. The lowest BCUT2D eigenvalue weighted by molar-refractivity contribution is 0.157. The van der Waals surface area contributed by atoms with Crippen molar-refractivity contribution >= 4 is 27.7 Å². The summed E-state index contributed by atoms with van der Waals surface area (Å²) >= 11 is 3.42. The van der Waals surface area contributed by atoms with E-state index in [4.69, 9.17) is 10.5 Å². The first-order valence-electron chi connectivity index (χ1n) is 4.62. The number of rotatable bonds is 2. The molecule has 15 heavy (non-hydrogen) atoms. The lowest BCUT2D eigenvalue weighted by atomic mass is 10.2. The van der Waals surface area contributed by atoms with E-state index in [1.165, 1.54) is 0 Å². The highest BCUT2D eigenvalue weighted by atomic mass is 79.9. The Morgan fingerprint density at radius 1 is 1.53 bits per heavy atom. The van der Waals surface area contributed by atoms with E-state index >= 15 is 0 Å². The van der Waals surface area contributed by atoms with Crippen LogP contribution in [-0.4, -0.2) is 24.1 Å². The zero-order valence-corrected chi connectivity index (χ0v) is 9.66. The summed E-state index contributed by atoms with van der Waals surface area (Å²) in [6.07, 6.45) is -0.251. The first-order valence-corrected chi connectivity index (χ1v) is 5.42. The number of carbonyl (C=O) groups is 1. The molecule has 80 valence electrons. The van der Waals surface area contributed by atoms with Crippen LogP contribution in [0, 0.1) is 0 Å². The van der Waals surface area contributed by atoms with Crippen LogP contribution >= 0.6 is 15.9 Å². The summed E-state index contributed by atoms with van der Waals surface area (Å²) in [5.74, 6) is 0. The van der Waals surface area contributed by atoms with E-state index in [2.05, 4.69) is 15.9 Å². The molecule has 1 saturated heterocycles. The van der Waals surface area contributed by atoms with Gasteiger partial charge in [0.2, 0.25) is 0 Å². The minimum absolute atomic E-state index is 0.251. The fourth-order valence-electron chi connectivity index (χ4n) is 1.47. The molecule has 0 atom stereocenters. The zero-order valence-electron chi connectivity index (χ0n) is 8.07. The third kappa shape index (κ3) is 2.23. The molecule has 1 aliphatic rings. The van der Waals surface area contributed by atoms with Crippen molar-refractivity contribution in [2.75, 3.05) is 18.9 Å². The third-order valence-corrected chi connectivity index (χ3v) is 3.02. The molecule has 0 unspecified atom stereocenters. The van der Waals surface area contributed by atoms with Crippen molar-refractivity contribution in [3.8, 4) is 0 Å². The highest BCUT2D eigenvalue weighted by molar-refractivity contribution is 9.10. The van der Waals surface area contributed by atoms with Gasteiger partial charge in [0.25, 0.3) is 0 Å². The lowest BCUT2D eigenvalue weighted by Gasteiger charge is -2.13. The molecule has 2 rings (SSSR count). The van der Waals surface area contributed by atoms with Crippen LogP contribution in [0.4, 0.5) is 10.5 Å². The van der Waals surface area contributed by atoms with Crippen molar-refractivity contribution in [1.82, 2.24) is 4.90 Å². The standard InChI is InChI=1S/C10H11BrN2O2/c11-9-5-8(12)2-1-7(9)6-13-3-4-15-10(13)14/h1-2,5H,3-4,6,12H2. The van der Waals surface area contributed by atoms with E-state index in [1.807, 2.05) is 18.2 Å². The number of ether oxygens (including phenoxy) is 1. The van der Waals surface area contributed by atoms with Crippen molar-refractivity contribution in [2.24, 2.45) is 0 Å². The van der Waals surface area contributed by atoms with E-state index in [0.29, 0.717) is 25.4 Å². The van der Waals surface area contributed by atoms with E-state index in [0.717, 1.165) is 10.0 Å². The fraction of sp³-hybridized carbons (Fsp3) is 0.300. The zero-order chi connectivity index (χ0) is 10.8. The van der Waals surface area contributed by atoms with Gasteiger partial charge in [-0.05, 0) is 17.7 Å². The number of halogens is 1.